The third kappa shape index (κ3) is 3.74. The fourth-order valence-corrected chi connectivity index (χ4v) is 2.89. The molecule has 1 aliphatic rings. The fourth-order valence-electron chi connectivity index (χ4n) is 2.55. The number of carbonyl (C=O) groups is 1. The number of hydrogen-bond acceptors (Lipinski definition) is 3. The Balaban J connectivity index is 1.66. The average Bonchev–Trinajstić information content (AvgIpc) is 2.54. The van der Waals surface area contributed by atoms with Crippen LogP contribution in [0.3, 0.4) is 0 Å². The molecule has 0 spiro atoms. The number of benzene rings is 1. The second kappa shape index (κ2) is 6.72. The van der Waals surface area contributed by atoms with Crippen LogP contribution in [-0.2, 0) is 0 Å². The number of rotatable bonds is 2. The Hall–Kier alpha value is -1.85. The molecular formula is C16H14Cl2FN3O. The summed E-state index contributed by atoms with van der Waals surface area (Å²) in [6, 6.07) is 7.52. The maximum absolute atomic E-state index is 13.4. The normalized spacial score (nSPS) is 14.9. The molecule has 120 valence electrons. The van der Waals surface area contributed by atoms with Crippen LogP contribution in [0, 0.1) is 5.82 Å². The molecule has 0 aliphatic carbocycles. The molecule has 0 atom stereocenters. The van der Waals surface area contributed by atoms with Gasteiger partial charge in [0.05, 0.1) is 5.02 Å². The number of hydrogen-bond donors (Lipinski definition) is 0. The lowest BCUT2D eigenvalue weighted by Gasteiger charge is -2.35. The highest BCUT2D eigenvalue weighted by molar-refractivity contribution is 6.31. The van der Waals surface area contributed by atoms with Gasteiger partial charge in [-0.3, -0.25) is 4.79 Å². The molecule has 2 heterocycles. The Labute approximate surface area is 143 Å². The van der Waals surface area contributed by atoms with E-state index in [-0.39, 0.29) is 16.5 Å². The minimum absolute atomic E-state index is 0.213. The predicted molar refractivity (Wildman–Crippen MR) is 88.8 cm³/mol. The second-order valence-electron chi connectivity index (χ2n) is 5.27. The molecule has 0 bridgehead atoms. The minimum Gasteiger partial charge on any atom is -0.353 e. The first-order valence-corrected chi connectivity index (χ1v) is 7.90. The number of pyridine rings is 1. The van der Waals surface area contributed by atoms with Crippen LogP contribution in [0.2, 0.25) is 10.0 Å². The van der Waals surface area contributed by atoms with Gasteiger partial charge in [-0.2, -0.15) is 0 Å². The monoisotopic (exact) mass is 353 g/mol. The molecule has 23 heavy (non-hydrogen) atoms. The fraction of sp³-hybridized carbons (Fsp3) is 0.250. The van der Waals surface area contributed by atoms with Gasteiger partial charge < -0.3 is 9.80 Å². The van der Waals surface area contributed by atoms with Crippen molar-refractivity contribution in [2.75, 3.05) is 31.1 Å². The number of carbonyl (C=O) groups excluding carboxylic acids is 1. The van der Waals surface area contributed by atoms with E-state index >= 15 is 0 Å². The van der Waals surface area contributed by atoms with E-state index < -0.39 is 5.82 Å². The highest BCUT2D eigenvalue weighted by atomic mass is 35.5. The van der Waals surface area contributed by atoms with Gasteiger partial charge in [0.15, 0.2) is 0 Å². The predicted octanol–water partition coefficient (Wildman–Crippen LogP) is 3.49. The molecule has 1 aromatic heterocycles. The first kappa shape index (κ1) is 16.0. The van der Waals surface area contributed by atoms with Gasteiger partial charge in [-0.05, 0) is 30.3 Å². The molecule has 7 heteroatoms. The third-order valence-electron chi connectivity index (χ3n) is 3.71. The summed E-state index contributed by atoms with van der Waals surface area (Å²) in [5, 5.41) is 0.808. The van der Waals surface area contributed by atoms with Crippen LogP contribution < -0.4 is 4.90 Å². The summed E-state index contributed by atoms with van der Waals surface area (Å²) in [4.78, 5) is 20.5. The Bertz CT molecular complexity index is 696. The highest BCUT2D eigenvalue weighted by Crippen LogP contribution is 2.19. The summed E-state index contributed by atoms with van der Waals surface area (Å²) in [5.74, 6) is 0.107. The number of aromatic nitrogens is 1. The number of halogens is 3. The van der Waals surface area contributed by atoms with E-state index in [9.17, 15) is 9.18 Å². The number of piperazine rings is 1. The molecule has 4 nitrogen and oxygen atoms in total. The van der Waals surface area contributed by atoms with Crippen molar-refractivity contribution in [1.82, 2.24) is 9.88 Å². The van der Waals surface area contributed by atoms with Gasteiger partial charge in [0.2, 0.25) is 0 Å². The Morgan fingerprint density at radius 1 is 1.04 bits per heavy atom. The quantitative estimate of drug-likeness (QED) is 0.829. The average molecular weight is 354 g/mol. The summed E-state index contributed by atoms with van der Waals surface area (Å²) in [6.07, 6.45) is 1.60. The van der Waals surface area contributed by atoms with Gasteiger partial charge in [0, 0.05) is 43.0 Å². The molecule has 1 amide bonds. The summed E-state index contributed by atoms with van der Waals surface area (Å²) in [7, 11) is 0. The lowest BCUT2D eigenvalue weighted by atomic mass is 10.1. The zero-order valence-corrected chi connectivity index (χ0v) is 13.7. The summed E-state index contributed by atoms with van der Waals surface area (Å²) < 4.78 is 13.4. The molecule has 1 saturated heterocycles. The Morgan fingerprint density at radius 2 is 1.78 bits per heavy atom. The zero-order chi connectivity index (χ0) is 16.4. The topological polar surface area (TPSA) is 36.4 Å². The molecule has 0 radical (unpaired) electrons. The van der Waals surface area contributed by atoms with Crippen LogP contribution in [0.5, 0.6) is 0 Å². The van der Waals surface area contributed by atoms with Crippen LogP contribution in [-0.4, -0.2) is 42.0 Å². The van der Waals surface area contributed by atoms with Gasteiger partial charge in [-0.25, -0.2) is 9.37 Å². The number of anilines is 1. The molecule has 1 aliphatic heterocycles. The number of amides is 1. The van der Waals surface area contributed by atoms with Gasteiger partial charge in [0.25, 0.3) is 5.91 Å². The molecule has 1 aromatic carbocycles. The van der Waals surface area contributed by atoms with Crippen molar-refractivity contribution in [1.29, 1.82) is 0 Å². The molecule has 0 unspecified atom stereocenters. The smallest absolute Gasteiger partial charge is 0.254 e. The first-order valence-electron chi connectivity index (χ1n) is 7.15. The molecular weight excluding hydrogens is 340 g/mol. The summed E-state index contributed by atoms with van der Waals surface area (Å²) in [6.45, 7) is 2.39. The molecule has 1 fully saturated rings. The molecule has 0 N–H and O–H groups in total. The van der Waals surface area contributed by atoms with Gasteiger partial charge in [-0.15, -0.1) is 0 Å². The van der Waals surface area contributed by atoms with E-state index in [1.165, 1.54) is 18.2 Å². The maximum atomic E-state index is 13.4. The van der Waals surface area contributed by atoms with Crippen molar-refractivity contribution in [3.8, 4) is 0 Å². The Morgan fingerprint density at radius 3 is 2.39 bits per heavy atom. The van der Waals surface area contributed by atoms with Crippen molar-refractivity contribution in [2.24, 2.45) is 0 Å². The van der Waals surface area contributed by atoms with Gasteiger partial charge in [0.1, 0.15) is 11.6 Å². The second-order valence-corrected chi connectivity index (χ2v) is 6.14. The van der Waals surface area contributed by atoms with Crippen LogP contribution in [0.4, 0.5) is 10.2 Å². The van der Waals surface area contributed by atoms with E-state index in [1.807, 2.05) is 6.07 Å². The largest absolute Gasteiger partial charge is 0.353 e. The van der Waals surface area contributed by atoms with E-state index in [0.29, 0.717) is 31.2 Å². The van der Waals surface area contributed by atoms with E-state index in [1.54, 1.807) is 17.2 Å². The van der Waals surface area contributed by atoms with Crippen LogP contribution in [0.15, 0.2) is 36.5 Å². The Kier molecular flexibility index (Phi) is 4.68. The molecule has 0 saturated carbocycles. The summed E-state index contributed by atoms with van der Waals surface area (Å²) >= 11 is 11.6. The van der Waals surface area contributed by atoms with Crippen molar-refractivity contribution >= 4 is 34.9 Å². The van der Waals surface area contributed by atoms with Gasteiger partial charge >= 0.3 is 0 Å². The number of nitrogens with zero attached hydrogens (tertiary/aromatic N) is 3. The van der Waals surface area contributed by atoms with Crippen molar-refractivity contribution in [2.45, 2.75) is 0 Å². The van der Waals surface area contributed by atoms with E-state index in [0.717, 1.165) is 5.82 Å². The van der Waals surface area contributed by atoms with E-state index in [4.69, 9.17) is 23.2 Å². The van der Waals surface area contributed by atoms with Crippen molar-refractivity contribution in [3.63, 3.8) is 0 Å². The van der Waals surface area contributed by atoms with Gasteiger partial charge in [-0.1, -0.05) is 23.2 Å². The SMILES string of the molecule is O=C(c1cc(F)cc(Cl)c1)N1CCN(c2ccc(Cl)cn2)CC1. The lowest BCUT2D eigenvalue weighted by molar-refractivity contribution is 0.0746. The van der Waals surface area contributed by atoms with Crippen LogP contribution in [0.1, 0.15) is 10.4 Å². The minimum atomic E-state index is -0.509. The summed E-state index contributed by atoms with van der Waals surface area (Å²) in [5.41, 5.74) is 0.271. The molecule has 3 rings (SSSR count). The zero-order valence-electron chi connectivity index (χ0n) is 12.2. The maximum Gasteiger partial charge on any atom is 0.254 e. The third-order valence-corrected chi connectivity index (χ3v) is 4.15. The first-order chi connectivity index (χ1) is 11.0. The highest BCUT2D eigenvalue weighted by Gasteiger charge is 2.23. The molecule has 2 aromatic rings. The van der Waals surface area contributed by atoms with Crippen LogP contribution >= 0.6 is 23.2 Å². The standard InChI is InChI=1S/C16H14Cl2FN3O/c17-12-1-2-15(20-10-12)21-3-5-22(6-4-21)16(23)11-7-13(18)9-14(19)8-11/h1-2,7-10H,3-6H2. The lowest BCUT2D eigenvalue weighted by Crippen LogP contribution is -2.49. The van der Waals surface area contributed by atoms with Crippen molar-refractivity contribution < 1.29 is 9.18 Å². The van der Waals surface area contributed by atoms with E-state index in [2.05, 4.69) is 9.88 Å². The van der Waals surface area contributed by atoms with Crippen LogP contribution in [0.25, 0.3) is 0 Å². The van der Waals surface area contributed by atoms with Crippen molar-refractivity contribution in [3.05, 3.63) is 58.0 Å².